The molecule has 0 aromatic heterocycles. The van der Waals surface area contributed by atoms with Gasteiger partial charge in [-0.2, -0.15) is 0 Å². The maximum atomic E-state index is 15.9. The minimum atomic E-state index is -2.03. The molecule has 0 aliphatic carbocycles. The van der Waals surface area contributed by atoms with Gasteiger partial charge in [0, 0.05) is 16.0 Å². The third-order valence-corrected chi connectivity index (χ3v) is 16.9. The number of thioether (sulfide) groups is 1. The van der Waals surface area contributed by atoms with Crippen LogP contribution in [-0.2, 0) is 50.1 Å². The zero-order valence-corrected chi connectivity index (χ0v) is 55.7. The van der Waals surface area contributed by atoms with Crippen LogP contribution in [0.25, 0.3) is 11.1 Å². The second-order valence-electron chi connectivity index (χ2n) is 22.8. The molecule has 11 rings (SSSR count). The summed E-state index contributed by atoms with van der Waals surface area (Å²) in [5.74, 6) is -9.42. The summed E-state index contributed by atoms with van der Waals surface area (Å²) in [6.45, 7) is 13.7. The first kappa shape index (κ1) is 71.0. The Hall–Kier alpha value is -12.3. The molecule has 0 bridgehead atoms. The number of phenolic OH excluding ortho intramolecular Hbond substituents is 4. The van der Waals surface area contributed by atoms with Crippen molar-refractivity contribution in [3.05, 3.63) is 283 Å². The first-order valence-corrected chi connectivity index (χ1v) is 32.9. The van der Waals surface area contributed by atoms with Gasteiger partial charge in [0.25, 0.3) is 0 Å². The van der Waals surface area contributed by atoms with Crippen LogP contribution in [0, 0.1) is 0 Å². The standard InChI is InChI=1S/C80H70O21S/c1-5-34-89-60-38-53(39-61(90-35-6-2)71(60)95-46-51-28-18-11-19-29-51)76(85)97-48-64-73-74(75(80(98-64)102-55-32-22-13-23-33-55)101-77(86)54-40-62(91-36-7-3)72(63(41-54)92-37-8-4)96-47-52-30-20-12-21-31-52)100-79(88)57-43-59(82)70(94-45-50-26-16-10-17-27-50)68(84)66(57)65-56(78(87)99-73)42-58(81)69(67(65)83)93-44-49-24-14-9-15-25-49/h5-33,38-43,64,73-75,80-84H,1-4,34-37,44-48H2/t64-,73-,74+,75-,80+/m1/s1. The van der Waals surface area contributed by atoms with Gasteiger partial charge >= 0.3 is 23.9 Å². The number of fused-ring (bicyclic) bond motifs is 4. The monoisotopic (exact) mass is 1400 g/mol. The molecule has 2 aliphatic rings. The normalized spacial score (nSPS) is 15.9. The maximum absolute atomic E-state index is 15.9. The number of rotatable bonds is 31. The fourth-order valence-electron chi connectivity index (χ4n) is 11.0. The second-order valence-corrected chi connectivity index (χ2v) is 23.9. The smallest absolute Gasteiger partial charge is 0.339 e. The van der Waals surface area contributed by atoms with Crippen molar-refractivity contribution in [2.45, 2.75) is 61.2 Å². The Kier molecular flexibility index (Phi) is 23.7. The molecule has 0 radical (unpaired) electrons. The quantitative estimate of drug-likeness (QED) is 0.0179. The first-order valence-electron chi connectivity index (χ1n) is 32.1. The molecule has 1 fully saturated rings. The average Bonchev–Trinajstić information content (AvgIpc) is 0.737. The number of hydrogen-bond acceptors (Lipinski definition) is 22. The number of aromatic hydroxyl groups is 4. The van der Waals surface area contributed by atoms with E-state index in [4.69, 9.17) is 61.6 Å². The fourth-order valence-corrected chi connectivity index (χ4v) is 12.1. The van der Waals surface area contributed by atoms with Gasteiger partial charge in [-0.1, -0.05) is 202 Å². The molecule has 0 unspecified atom stereocenters. The van der Waals surface area contributed by atoms with Gasteiger partial charge in [0.05, 0.1) is 22.3 Å². The molecule has 22 heteroatoms. The van der Waals surface area contributed by atoms with Crippen LogP contribution in [0.4, 0.5) is 0 Å². The Morgan fingerprint density at radius 1 is 0.431 bits per heavy atom. The molecule has 9 aromatic rings. The molecule has 4 N–H and O–H groups in total. The molecule has 2 heterocycles. The van der Waals surface area contributed by atoms with Crippen molar-refractivity contribution >= 4 is 35.6 Å². The van der Waals surface area contributed by atoms with Gasteiger partial charge in [-0.3, -0.25) is 0 Å². The molecule has 9 aromatic carbocycles. The van der Waals surface area contributed by atoms with Crippen molar-refractivity contribution in [3.63, 3.8) is 0 Å². The summed E-state index contributed by atoms with van der Waals surface area (Å²) < 4.78 is 81.7. The van der Waals surface area contributed by atoms with E-state index in [1.165, 1.54) is 48.6 Å². The van der Waals surface area contributed by atoms with E-state index in [0.29, 0.717) is 16.0 Å². The Morgan fingerprint density at radius 2 is 0.775 bits per heavy atom. The Balaban J connectivity index is 1.06. The summed E-state index contributed by atoms with van der Waals surface area (Å²) in [5.41, 5.74) is -1.87. The van der Waals surface area contributed by atoms with Crippen LogP contribution in [0.5, 0.6) is 69.0 Å². The van der Waals surface area contributed by atoms with E-state index in [1.807, 2.05) is 60.7 Å². The molecule has 522 valence electrons. The lowest BCUT2D eigenvalue weighted by atomic mass is 9.91. The summed E-state index contributed by atoms with van der Waals surface area (Å²) in [6.07, 6.45) is -1.69. The van der Waals surface area contributed by atoms with Gasteiger partial charge < -0.3 is 82.0 Å². The topological polar surface area (TPSA) is 269 Å². The summed E-state index contributed by atoms with van der Waals surface area (Å²) in [4.78, 5) is 62.4. The Bertz CT molecular complexity index is 4410. The lowest BCUT2D eigenvalue weighted by Crippen LogP contribution is -2.62. The molecule has 2 aliphatic heterocycles. The third-order valence-electron chi connectivity index (χ3n) is 15.7. The van der Waals surface area contributed by atoms with E-state index in [0.717, 1.165) is 35.0 Å². The van der Waals surface area contributed by atoms with Gasteiger partial charge in [-0.05, 0) is 70.8 Å². The largest absolute Gasteiger partial charge is 0.504 e. The number of phenols is 4. The Labute approximate surface area is 591 Å². The highest BCUT2D eigenvalue weighted by Crippen LogP contribution is 2.55. The maximum Gasteiger partial charge on any atom is 0.339 e. The van der Waals surface area contributed by atoms with Crippen molar-refractivity contribution in [2.24, 2.45) is 0 Å². The van der Waals surface area contributed by atoms with Gasteiger partial charge in [0.1, 0.15) is 71.0 Å². The highest BCUT2D eigenvalue weighted by Gasteiger charge is 2.54. The van der Waals surface area contributed by atoms with Gasteiger partial charge in [0.15, 0.2) is 64.3 Å². The van der Waals surface area contributed by atoms with Gasteiger partial charge in [-0.25, -0.2) is 19.2 Å². The van der Waals surface area contributed by atoms with Crippen molar-refractivity contribution < 1.29 is 101 Å². The van der Waals surface area contributed by atoms with Crippen LogP contribution in [0.1, 0.15) is 63.7 Å². The van der Waals surface area contributed by atoms with Crippen LogP contribution in [0.2, 0.25) is 0 Å². The van der Waals surface area contributed by atoms with Crippen LogP contribution in [0.3, 0.4) is 0 Å². The van der Waals surface area contributed by atoms with Crippen LogP contribution < -0.4 is 37.9 Å². The molecule has 0 saturated carbocycles. The molecular formula is C80H70O21S. The summed E-state index contributed by atoms with van der Waals surface area (Å²) in [6, 6.07) is 51.6. The molecule has 102 heavy (non-hydrogen) atoms. The van der Waals surface area contributed by atoms with Crippen LogP contribution >= 0.6 is 11.8 Å². The zero-order valence-electron chi connectivity index (χ0n) is 54.9. The summed E-state index contributed by atoms with van der Waals surface area (Å²) >= 11 is 0.973. The first-order chi connectivity index (χ1) is 49.7. The van der Waals surface area contributed by atoms with Gasteiger partial charge in [0.2, 0.25) is 23.0 Å². The fraction of sp³-hybridized carbons (Fsp3) is 0.175. The Morgan fingerprint density at radius 3 is 1.15 bits per heavy atom. The van der Waals surface area contributed by atoms with E-state index in [1.54, 1.807) is 91.0 Å². The minimum absolute atomic E-state index is 0.0171. The van der Waals surface area contributed by atoms with E-state index >= 15 is 14.4 Å². The highest BCUT2D eigenvalue weighted by molar-refractivity contribution is 7.99. The molecule has 21 nitrogen and oxygen atoms in total. The van der Waals surface area contributed by atoms with Crippen molar-refractivity contribution in [1.29, 1.82) is 0 Å². The van der Waals surface area contributed by atoms with Crippen LogP contribution in [-0.4, -0.2) is 107 Å². The van der Waals surface area contributed by atoms with E-state index in [2.05, 4.69) is 26.3 Å². The number of esters is 4. The lowest BCUT2D eigenvalue weighted by Gasteiger charge is -2.44. The predicted octanol–water partition coefficient (Wildman–Crippen LogP) is 14.4. The summed E-state index contributed by atoms with van der Waals surface area (Å²) in [5, 5.41) is 49.0. The second kappa shape index (κ2) is 34.0. The third kappa shape index (κ3) is 17.1. The SMILES string of the molecule is C=CCOc1cc(C(=O)OC[C@H]2O[C@@H](Sc3ccccc3)[C@H](OC(=O)c3cc(OCC=C)c(OCc4ccccc4)c(OCC=C)c3)[C@H]3OC(=O)c4cc(O)c(OCc5ccccc5)c(O)c4-c4c(cc(O)c(OCc5ccccc5)c4O)C(=O)O[C@@H]32)cc(OCC=C)c1OCc1ccccc1. The number of ether oxygens (including phenoxy) is 13. The number of carbonyl (C=O) groups excluding carboxylic acids is 4. The van der Waals surface area contributed by atoms with Crippen LogP contribution in [0.15, 0.2) is 244 Å². The van der Waals surface area contributed by atoms with Gasteiger partial charge in [-0.15, -0.1) is 0 Å². The average molecular weight is 1400 g/mol. The highest BCUT2D eigenvalue weighted by atomic mass is 32.2. The minimum Gasteiger partial charge on any atom is -0.504 e. The lowest BCUT2D eigenvalue weighted by molar-refractivity contribution is -0.207. The predicted molar refractivity (Wildman–Crippen MR) is 376 cm³/mol. The molecule has 5 atom stereocenters. The van der Waals surface area contributed by atoms with E-state index in [9.17, 15) is 25.2 Å². The van der Waals surface area contributed by atoms with E-state index < -0.39 is 117 Å². The zero-order chi connectivity index (χ0) is 71.5. The molecule has 0 spiro atoms. The number of hydrogen-bond donors (Lipinski definition) is 4. The molecule has 1 saturated heterocycles. The molecular weight excluding hydrogens is 1330 g/mol. The van der Waals surface area contributed by atoms with Crippen molar-refractivity contribution in [3.8, 4) is 80.1 Å². The number of benzene rings is 9. The summed E-state index contributed by atoms with van der Waals surface area (Å²) in [7, 11) is 0. The van der Waals surface area contributed by atoms with Crippen molar-refractivity contribution in [2.75, 3.05) is 33.0 Å². The van der Waals surface area contributed by atoms with E-state index in [-0.39, 0.29) is 98.5 Å². The number of carbonyl (C=O) groups is 4. The van der Waals surface area contributed by atoms with Crippen molar-refractivity contribution in [1.82, 2.24) is 0 Å². The molecule has 0 amide bonds.